The summed E-state index contributed by atoms with van der Waals surface area (Å²) in [5.74, 6) is 0. The maximum absolute atomic E-state index is 10.8. The topological polar surface area (TPSA) is 35.9 Å². The molecule has 4 heteroatoms. The van der Waals surface area contributed by atoms with Crippen molar-refractivity contribution < 1.29 is 9.84 Å². The van der Waals surface area contributed by atoms with Gasteiger partial charge in [-0.3, -0.25) is 9.80 Å². The third kappa shape index (κ3) is 4.79. The van der Waals surface area contributed by atoms with Crippen molar-refractivity contribution in [1.82, 2.24) is 9.80 Å². The monoisotopic (exact) mass is 332 g/mol. The molecule has 2 unspecified atom stereocenters. The number of nitrogens with zero attached hydrogens (tertiary/aromatic N) is 2. The summed E-state index contributed by atoms with van der Waals surface area (Å²) in [4.78, 5) is 5.04. The van der Waals surface area contributed by atoms with Crippen LogP contribution < -0.4 is 0 Å². The van der Waals surface area contributed by atoms with E-state index in [4.69, 9.17) is 4.74 Å². The minimum atomic E-state index is -0.395. The van der Waals surface area contributed by atoms with Gasteiger partial charge in [0.15, 0.2) is 0 Å². The number of ether oxygens (including phenoxy) is 1. The van der Waals surface area contributed by atoms with Crippen molar-refractivity contribution in [2.24, 2.45) is 0 Å². The lowest BCUT2D eigenvalue weighted by molar-refractivity contribution is 0.00672. The number of rotatable bonds is 5. The number of piperidine rings is 1. The van der Waals surface area contributed by atoms with Crippen molar-refractivity contribution in [2.45, 2.75) is 45.3 Å². The van der Waals surface area contributed by atoms with Crippen LogP contribution in [0.2, 0.25) is 0 Å². The second-order valence-electron chi connectivity index (χ2n) is 7.49. The Labute approximate surface area is 146 Å². The number of hydrogen-bond acceptors (Lipinski definition) is 4. The van der Waals surface area contributed by atoms with Gasteiger partial charge in [0, 0.05) is 32.2 Å². The highest BCUT2D eigenvalue weighted by Crippen LogP contribution is 2.24. The van der Waals surface area contributed by atoms with Gasteiger partial charge in [-0.15, -0.1) is 0 Å². The molecule has 2 saturated heterocycles. The van der Waals surface area contributed by atoms with Gasteiger partial charge in [0.1, 0.15) is 0 Å². The summed E-state index contributed by atoms with van der Waals surface area (Å²) >= 11 is 0. The molecule has 0 saturated carbocycles. The van der Waals surface area contributed by atoms with Crippen LogP contribution in [0.1, 0.15) is 42.1 Å². The second-order valence-corrected chi connectivity index (χ2v) is 7.49. The molecule has 0 amide bonds. The van der Waals surface area contributed by atoms with E-state index < -0.39 is 6.10 Å². The Morgan fingerprint density at radius 1 is 1.08 bits per heavy atom. The Bertz CT molecular complexity index is 508. The molecule has 24 heavy (non-hydrogen) atoms. The number of morpholine rings is 1. The second kappa shape index (κ2) is 8.43. The smallest absolute Gasteiger partial charge is 0.0917 e. The lowest BCUT2D eigenvalue weighted by Crippen LogP contribution is -2.50. The normalized spacial score (nSPS) is 24.9. The molecule has 2 heterocycles. The van der Waals surface area contributed by atoms with Crippen molar-refractivity contribution in [3.05, 3.63) is 34.9 Å². The molecule has 1 aromatic carbocycles. The van der Waals surface area contributed by atoms with E-state index in [9.17, 15) is 5.11 Å². The molecule has 1 aromatic rings. The average molecular weight is 332 g/mol. The minimum Gasteiger partial charge on any atom is -0.387 e. The lowest BCUT2D eigenvalue weighted by atomic mass is 9.98. The highest BCUT2D eigenvalue weighted by Gasteiger charge is 2.27. The van der Waals surface area contributed by atoms with Crippen molar-refractivity contribution >= 4 is 0 Å². The molecular weight excluding hydrogens is 300 g/mol. The van der Waals surface area contributed by atoms with E-state index in [2.05, 4.69) is 41.8 Å². The number of aliphatic hydroxyl groups excluding tert-OH is 1. The van der Waals surface area contributed by atoms with E-state index in [0.717, 1.165) is 51.5 Å². The molecule has 4 nitrogen and oxygen atoms in total. The third-order valence-electron chi connectivity index (χ3n) is 5.36. The van der Waals surface area contributed by atoms with Crippen LogP contribution >= 0.6 is 0 Å². The summed E-state index contributed by atoms with van der Waals surface area (Å²) in [6.07, 6.45) is 3.41. The Morgan fingerprint density at radius 3 is 2.50 bits per heavy atom. The van der Waals surface area contributed by atoms with Gasteiger partial charge in [0.25, 0.3) is 0 Å². The van der Waals surface area contributed by atoms with Gasteiger partial charge in [-0.05, 0) is 38.8 Å². The van der Waals surface area contributed by atoms with Crippen LogP contribution in [0.4, 0.5) is 0 Å². The maximum Gasteiger partial charge on any atom is 0.0917 e. The third-order valence-corrected chi connectivity index (χ3v) is 5.36. The summed E-state index contributed by atoms with van der Waals surface area (Å²) in [5.41, 5.74) is 3.52. The molecule has 134 valence electrons. The van der Waals surface area contributed by atoms with Gasteiger partial charge in [-0.25, -0.2) is 0 Å². The molecule has 0 spiro atoms. The Hall–Kier alpha value is -0.940. The van der Waals surface area contributed by atoms with E-state index in [0.29, 0.717) is 6.04 Å². The number of β-amino-alcohol motifs (C(OH)–C–C–N with tert-alkyl or cyclic N) is 1. The predicted octanol–water partition coefficient (Wildman–Crippen LogP) is 2.52. The van der Waals surface area contributed by atoms with Gasteiger partial charge in [0.2, 0.25) is 0 Å². The molecule has 0 radical (unpaired) electrons. The number of likely N-dealkylation sites (tertiary alicyclic amines) is 1. The van der Waals surface area contributed by atoms with Gasteiger partial charge < -0.3 is 9.84 Å². The van der Waals surface area contributed by atoms with E-state index >= 15 is 0 Å². The van der Waals surface area contributed by atoms with Crippen LogP contribution in [0.3, 0.4) is 0 Å². The Kier molecular flexibility index (Phi) is 6.28. The van der Waals surface area contributed by atoms with E-state index in [1.54, 1.807) is 0 Å². The van der Waals surface area contributed by atoms with Crippen molar-refractivity contribution in [1.29, 1.82) is 0 Å². The summed E-state index contributed by atoms with van der Waals surface area (Å²) in [7, 11) is 0. The van der Waals surface area contributed by atoms with Crippen molar-refractivity contribution in [3.8, 4) is 0 Å². The summed E-state index contributed by atoms with van der Waals surface area (Å²) in [6.45, 7) is 11.0. The molecule has 2 fully saturated rings. The van der Waals surface area contributed by atoms with E-state index in [-0.39, 0.29) is 0 Å². The molecule has 2 aliphatic rings. The van der Waals surface area contributed by atoms with Gasteiger partial charge in [-0.1, -0.05) is 35.7 Å². The molecule has 3 rings (SSSR count). The first-order valence-electron chi connectivity index (χ1n) is 9.42. The maximum atomic E-state index is 10.8. The van der Waals surface area contributed by atoms with Crippen LogP contribution in [0.5, 0.6) is 0 Å². The van der Waals surface area contributed by atoms with Crippen molar-refractivity contribution in [2.75, 3.05) is 45.9 Å². The van der Waals surface area contributed by atoms with E-state index in [1.165, 1.54) is 30.4 Å². The SMILES string of the molecule is Cc1cc(C)cc(C(O)CN2CCCCC2CN2CCOCC2)c1. The zero-order valence-corrected chi connectivity index (χ0v) is 15.2. The molecule has 2 atom stereocenters. The minimum absolute atomic E-state index is 0.395. The number of benzene rings is 1. The number of hydrogen-bond donors (Lipinski definition) is 1. The summed E-state index contributed by atoms with van der Waals surface area (Å²) in [6, 6.07) is 6.98. The fourth-order valence-electron chi connectivity index (χ4n) is 4.12. The summed E-state index contributed by atoms with van der Waals surface area (Å²) < 4.78 is 5.47. The highest BCUT2D eigenvalue weighted by molar-refractivity contribution is 5.30. The molecular formula is C20H32N2O2. The van der Waals surface area contributed by atoms with Crippen LogP contribution in [0, 0.1) is 13.8 Å². The first kappa shape index (κ1) is 17.9. The van der Waals surface area contributed by atoms with Crippen molar-refractivity contribution in [3.63, 3.8) is 0 Å². The number of aryl methyl sites for hydroxylation is 2. The molecule has 0 bridgehead atoms. The molecule has 0 aliphatic carbocycles. The zero-order chi connectivity index (χ0) is 16.9. The molecule has 2 aliphatic heterocycles. The number of aliphatic hydroxyl groups is 1. The van der Waals surface area contributed by atoms with Crippen LogP contribution in [-0.2, 0) is 4.74 Å². The molecule has 0 aromatic heterocycles. The fraction of sp³-hybridized carbons (Fsp3) is 0.700. The zero-order valence-electron chi connectivity index (χ0n) is 15.2. The highest BCUT2D eigenvalue weighted by atomic mass is 16.5. The Balaban J connectivity index is 1.62. The summed E-state index contributed by atoms with van der Waals surface area (Å²) in [5, 5.41) is 10.8. The van der Waals surface area contributed by atoms with Gasteiger partial charge in [-0.2, -0.15) is 0 Å². The predicted molar refractivity (Wildman–Crippen MR) is 97.3 cm³/mol. The fourth-order valence-corrected chi connectivity index (χ4v) is 4.12. The lowest BCUT2D eigenvalue weighted by Gasteiger charge is -2.40. The van der Waals surface area contributed by atoms with Gasteiger partial charge in [0.05, 0.1) is 19.3 Å². The van der Waals surface area contributed by atoms with Crippen LogP contribution in [-0.4, -0.2) is 66.9 Å². The Morgan fingerprint density at radius 2 is 1.79 bits per heavy atom. The first-order chi connectivity index (χ1) is 11.6. The van der Waals surface area contributed by atoms with Crippen LogP contribution in [0.15, 0.2) is 18.2 Å². The first-order valence-corrected chi connectivity index (χ1v) is 9.42. The quantitative estimate of drug-likeness (QED) is 0.899. The largest absolute Gasteiger partial charge is 0.387 e. The standard InChI is InChI=1S/C20H32N2O2/c1-16-11-17(2)13-18(12-16)20(23)15-22-6-4-3-5-19(22)14-21-7-9-24-10-8-21/h11-13,19-20,23H,3-10,14-15H2,1-2H3. The molecule has 1 N–H and O–H groups in total. The average Bonchev–Trinajstić information content (AvgIpc) is 2.56. The van der Waals surface area contributed by atoms with E-state index in [1.807, 2.05) is 0 Å². The van der Waals surface area contributed by atoms with Crippen LogP contribution in [0.25, 0.3) is 0 Å². The van der Waals surface area contributed by atoms with Gasteiger partial charge >= 0.3 is 0 Å².